The van der Waals surface area contributed by atoms with Gasteiger partial charge in [-0.05, 0) is 17.7 Å². The highest BCUT2D eigenvalue weighted by Crippen LogP contribution is 2.14. The van der Waals surface area contributed by atoms with Crippen LogP contribution in [0.4, 0.5) is 14.5 Å². The number of carboxylic acid groups (broad SMARTS) is 1. The molecule has 7 nitrogen and oxygen atoms in total. The van der Waals surface area contributed by atoms with Crippen LogP contribution in [0.25, 0.3) is 0 Å². The number of nitrogens with zero attached hydrogens (tertiary/aromatic N) is 1. The molecule has 9 heteroatoms. The molecule has 130 valence electrons. The lowest BCUT2D eigenvalue weighted by atomic mass is 10.0. The molecule has 2 rings (SSSR count). The maximum absolute atomic E-state index is 13.6. The maximum atomic E-state index is 13.6. The van der Waals surface area contributed by atoms with E-state index in [9.17, 15) is 33.6 Å². The van der Waals surface area contributed by atoms with Crippen molar-refractivity contribution in [1.82, 2.24) is 5.32 Å². The molecule has 0 spiro atoms. The standard InChI is InChI=1S/C16H12F2N2O5/c17-10-3-6-12(13(18)8-10)15(21)19-14(16(22)23)7-9-1-4-11(5-2-9)20(24)25/h1-6,8,14H,7H2,(H,19,21)(H,22,23)/t14-/m1/s1. The first kappa shape index (κ1) is 18.0. The highest BCUT2D eigenvalue weighted by Gasteiger charge is 2.23. The summed E-state index contributed by atoms with van der Waals surface area (Å²) in [5, 5.41) is 21.9. The summed E-state index contributed by atoms with van der Waals surface area (Å²) in [6.45, 7) is 0. The summed E-state index contributed by atoms with van der Waals surface area (Å²) >= 11 is 0. The van der Waals surface area contributed by atoms with Crippen molar-refractivity contribution < 1.29 is 28.4 Å². The van der Waals surface area contributed by atoms with Crippen molar-refractivity contribution in [3.8, 4) is 0 Å². The van der Waals surface area contributed by atoms with Gasteiger partial charge in [-0.2, -0.15) is 0 Å². The van der Waals surface area contributed by atoms with Crippen LogP contribution < -0.4 is 5.32 Å². The number of hydrogen-bond donors (Lipinski definition) is 2. The van der Waals surface area contributed by atoms with Gasteiger partial charge in [-0.1, -0.05) is 12.1 Å². The van der Waals surface area contributed by atoms with E-state index in [-0.39, 0.29) is 12.1 Å². The lowest BCUT2D eigenvalue weighted by Crippen LogP contribution is -2.42. The molecule has 25 heavy (non-hydrogen) atoms. The second-order valence-corrected chi connectivity index (χ2v) is 5.12. The molecule has 2 aromatic rings. The topological polar surface area (TPSA) is 110 Å². The largest absolute Gasteiger partial charge is 0.480 e. The molecule has 0 unspecified atom stereocenters. The second-order valence-electron chi connectivity index (χ2n) is 5.12. The number of carbonyl (C=O) groups excluding carboxylic acids is 1. The van der Waals surface area contributed by atoms with E-state index in [2.05, 4.69) is 5.32 Å². The fraction of sp³-hybridized carbons (Fsp3) is 0.125. The van der Waals surface area contributed by atoms with E-state index in [0.29, 0.717) is 11.6 Å². The summed E-state index contributed by atoms with van der Waals surface area (Å²) < 4.78 is 26.5. The number of hydrogen-bond acceptors (Lipinski definition) is 4. The summed E-state index contributed by atoms with van der Waals surface area (Å²) in [5.74, 6) is -4.35. The van der Waals surface area contributed by atoms with E-state index in [1.165, 1.54) is 24.3 Å². The molecule has 0 radical (unpaired) electrons. The Morgan fingerprint density at radius 1 is 1.16 bits per heavy atom. The van der Waals surface area contributed by atoms with Crippen LogP contribution in [0.15, 0.2) is 42.5 Å². The van der Waals surface area contributed by atoms with Gasteiger partial charge in [0.05, 0.1) is 10.5 Å². The molecule has 0 fully saturated rings. The normalized spacial score (nSPS) is 11.6. The van der Waals surface area contributed by atoms with Crippen molar-refractivity contribution in [1.29, 1.82) is 0 Å². The first-order valence-corrected chi connectivity index (χ1v) is 7.00. The minimum Gasteiger partial charge on any atom is -0.480 e. The van der Waals surface area contributed by atoms with Gasteiger partial charge >= 0.3 is 5.97 Å². The molecular formula is C16H12F2N2O5. The number of carboxylic acids is 1. The van der Waals surface area contributed by atoms with Gasteiger partial charge in [-0.25, -0.2) is 13.6 Å². The van der Waals surface area contributed by atoms with Gasteiger partial charge in [0.1, 0.15) is 17.7 Å². The second kappa shape index (κ2) is 7.47. The number of carbonyl (C=O) groups is 2. The number of nitro benzene ring substituents is 1. The van der Waals surface area contributed by atoms with Gasteiger partial charge in [0.2, 0.25) is 0 Å². The van der Waals surface area contributed by atoms with Crippen LogP contribution >= 0.6 is 0 Å². The molecule has 0 aromatic heterocycles. The Morgan fingerprint density at radius 3 is 2.32 bits per heavy atom. The Labute approximate surface area is 140 Å². The van der Waals surface area contributed by atoms with Crippen molar-refractivity contribution in [3.05, 3.63) is 75.3 Å². The quantitative estimate of drug-likeness (QED) is 0.614. The number of amides is 1. The average Bonchev–Trinajstić information content (AvgIpc) is 2.54. The Balaban J connectivity index is 2.14. The Morgan fingerprint density at radius 2 is 1.80 bits per heavy atom. The zero-order valence-corrected chi connectivity index (χ0v) is 12.6. The van der Waals surface area contributed by atoms with Crippen LogP contribution in [0.5, 0.6) is 0 Å². The van der Waals surface area contributed by atoms with Crippen molar-refractivity contribution in [2.75, 3.05) is 0 Å². The van der Waals surface area contributed by atoms with Crippen LogP contribution in [-0.4, -0.2) is 27.9 Å². The van der Waals surface area contributed by atoms with Gasteiger partial charge in [0.25, 0.3) is 11.6 Å². The molecule has 0 saturated carbocycles. The molecule has 2 N–H and O–H groups in total. The van der Waals surface area contributed by atoms with E-state index >= 15 is 0 Å². The molecule has 0 aliphatic rings. The summed E-state index contributed by atoms with van der Waals surface area (Å²) in [7, 11) is 0. The molecule has 1 atom stereocenters. The molecule has 0 heterocycles. The Kier molecular flexibility index (Phi) is 5.38. The Bertz CT molecular complexity index is 824. The van der Waals surface area contributed by atoms with Crippen molar-refractivity contribution in [2.45, 2.75) is 12.5 Å². The predicted molar refractivity (Wildman–Crippen MR) is 82.0 cm³/mol. The van der Waals surface area contributed by atoms with Crippen molar-refractivity contribution in [3.63, 3.8) is 0 Å². The van der Waals surface area contributed by atoms with Gasteiger partial charge < -0.3 is 10.4 Å². The zero-order chi connectivity index (χ0) is 18.6. The molecule has 0 aliphatic heterocycles. The van der Waals surface area contributed by atoms with E-state index in [1.54, 1.807) is 0 Å². The van der Waals surface area contributed by atoms with E-state index in [0.717, 1.165) is 12.1 Å². The van der Waals surface area contributed by atoms with E-state index < -0.39 is 40.0 Å². The van der Waals surface area contributed by atoms with Gasteiger partial charge in [0.15, 0.2) is 0 Å². The number of aliphatic carboxylic acids is 1. The maximum Gasteiger partial charge on any atom is 0.326 e. The molecule has 2 aromatic carbocycles. The Hall–Kier alpha value is -3.36. The van der Waals surface area contributed by atoms with Crippen LogP contribution in [0.1, 0.15) is 15.9 Å². The third kappa shape index (κ3) is 4.56. The summed E-state index contributed by atoms with van der Waals surface area (Å²) in [5.41, 5.74) is -0.220. The summed E-state index contributed by atoms with van der Waals surface area (Å²) in [6, 6.07) is 6.04. The number of benzene rings is 2. The van der Waals surface area contributed by atoms with Gasteiger partial charge in [0, 0.05) is 24.6 Å². The fourth-order valence-electron chi connectivity index (χ4n) is 2.10. The zero-order valence-electron chi connectivity index (χ0n) is 12.6. The van der Waals surface area contributed by atoms with Crippen molar-refractivity contribution in [2.24, 2.45) is 0 Å². The lowest BCUT2D eigenvalue weighted by Gasteiger charge is -2.15. The number of nitro groups is 1. The number of nitrogens with one attached hydrogen (secondary N) is 1. The monoisotopic (exact) mass is 350 g/mol. The van der Waals surface area contributed by atoms with E-state index in [4.69, 9.17) is 0 Å². The highest BCUT2D eigenvalue weighted by molar-refractivity contribution is 5.96. The summed E-state index contributed by atoms with van der Waals surface area (Å²) in [6.07, 6.45) is -0.165. The third-order valence-corrected chi connectivity index (χ3v) is 3.37. The molecule has 0 bridgehead atoms. The molecule has 0 aliphatic carbocycles. The first-order valence-electron chi connectivity index (χ1n) is 7.00. The first-order chi connectivity index (χ1) is 11.8. The molecule has 1 amide bonds. The average molecular weight is 350 g/mol. The van der Waals surface area contributed by atoms with Crippen LogP contribution in [0, 0.1) is 21.7 Å². The van der Waals surface area contributed by atoms with Crippen LogP contribution in [0.3, 0.4) is 0 Å². The van der Waals surface area contributed by atoms with Crippen molar-refractivity contribution >= 4 is 17.6 Å². The highest BCUT2D eigenvalue weighted by atomic mass is 19.1. The minimum atomic E-state index is -1.39. The number of rotatable bonds is 6. The van der Waals surface area contributed by atoms with Gasteiger partial charge in [-0.15, -0.1) is 0 Å². The van der Waals surface area contributed by atoms with E-state index in [1.807, 2.05) is 0 Å². The third-order valence-electron chi connectivity index (χ3n) is 3.37. The molecule has 0 saturated heterocycles. The smallest absolute Gasteiger partial charge is 0.326 e. The summed E-state index contributed by atoms with van der Waals surface area (Å²) in [4.78, 5) is 33.3. The fourth-order valence-corrected chi connectivity index (χ4v) is 2.10. The molecular weight excluding hydrogens is 338 g/mol. The minimum absolute atomic E-state index is 0.159. The van der Waals surface area contributed by atoms with Crippen LogP contribution in [-0.2, 0) is 11.2 Å². The lowest BCUT2D eigenvalue weighted by molar-refractivity contribution is -0.384. The SMILES string of the molecule is O=C(N[C@H](Cc1ccc([N+](=O)[O-])cc1)C(=O)O)c1ccc(F)cc1F. The number of halogens is 2. The van der Waals surface area contributed by atoms with Crippen LogP contribution in [0.2, 0.25) is 0 Å². The predicted octanol–water partition coefficient (Wildman–Crippen LogP) is 2.30. The van der Waals surface area contributed by atoms with Gasteiger partial charge in [-0.3, -0.25) is 14.9 Å². The number of non-ortho nitro benzene ring substituents is 1.